The maximum absolute atomic E-state index is 13.5. The number of hydrogen-bond acceptors (Lipinski definition) is 8. The van der Waals surface area contributed by atoms with Crippen LogP contribution in [0.1, 0.15) is 60.1 Å². The second kappa shape index (κ2) is 10.1. The van der Waals surface area contributed by atoms with Gasteiger partial charge >= 0.3 is 0 Å². The Morgan fingerprint density at radius 2 is 2.10 bits per heavy atom. The smallest absolute Gasteiger partial charge is 0.278 e. The van der Waals surface area contributed by atoms with Crippen LogP contribution in [0.4, 0.5) is 11.6 Å². The summed E-state index contributed by atoms with van der Waals surface area (Å²) in [6.07, 6.45) is 6.50. The van der Waals surface area contributed by atoms with Crippen molar-refractivity contribution in [1.29, 1.82) is 0 Å². The molecular weight excluding hydrogens is 534 g/mol. The zero-order chi connectivity index (χ0) is 28.3. The number of aliphatic hydroxyl groups is 1. The minimum atomic E-state index is -0.962. The Kier molecular flexibility index (Phi) is 6.52. The third-order valence-electron chi connectivity index (χ3n) is 8.85. The highest BCUT2D eigenvalue weighted by atomic mass is 32.2. The van der Waals surface area contributed by atoms with Gasteiger partial charge in [-0.3, -0.25) is 4.79 Å². The number of likely N-dealkylation sites (N-methyl/N-ethyl adjacent to an activating group) is 1. The minimum absolute atomic E-state index is 0.208. The van der Waals surface area contributed by atoms with Crippen molar-refractivity contribution < 1.29 is 5.11 Å². The third kappa shape index (κ3) is 4.40. The van der Waals surface area contributed by atoms with Crippen LogP contribution in [0.3, 0.4) is 0 Å². The molecule has 2 unspecified atom stereocenters. The van der Waals surface area contributed by atoms with E-state index in [1.54, 1.807) is 21.6 Å². The minimum Gasteiger partial charge on any atom is -0.384 e. The van der Waals surface area contributed by atoms with Gasteiger partial charge in [0.1, 0.15) is 11.0 Å². The Morgan fingerprint density at radius 1 is 1.24 bits per heavy atom. The maximum Gasteiger partial charge on any atom is 0.278 e. The van der Waals surface area contributed by atoms with Crippen molar-refractivity contribution in [2.75, 3.05) is 24.7 Å². The first-order valence-corrected chi connectivity index (χ1v) is 15.6. The molecule has 0 fully saturated rings. The molecule has 1 aliphatic carbocycles. The molecule has 0 saturated carbocycles. The number of nitrogens with zero attached hydrogens (tertiary/aromatic N) is 6. The quantitative estimate of drug-likeness (QED) is 0.325. The summed E-state index contributed by atoms with van der Waals surface area (Å²) >= 11 is 2.00. The van der Waals surface area contributed by atoms with Crippen molar-refractivity contribution in [3.63, 3.8) is 0 Å². The molecule has 0 bridgehead atoms. The van der Waals surface area contributed by atoms with Crippen LogP contribution in [0.15, 0.2) is 47.9 Å². The van der Waals surface area contributed by atoms with Gasteiger partial charge in [-0.25, -0.2) is 19.3 Å². The average molecular weight is 570 g/mol. The molecule has 0 spiro atoms. The van der Waals surface area contributed by atoms with Crippen LogP contribution in [-0.2, 0) is 30.9 Å². The number of anilines is 2. The average Bonchev–Trinajstić information content (AvgIpc) is 3.34. The number of nitrogens with one attached hydrogen (secondary N) is 1. The monoisotopic (exact) mass is 569 g/mol. The Morgan fingerprint density at radius 3 is 2.93 bits per heavy atom. The topological polar surface area (TPSA) is 101 Å². The number of rotatable bonds is 6. The molecule has 2 atom stereocenters. The molecule has 1 aromatic carbocycles. The molecule has 10 heteroatoms. The van der Waals surface area contributed by atoms with Crippen LogP contribution in [-0.4, -0.2) is 53.7 Å². The molecule has 9 nitrogen and oxygen atoms in total. The largest absolute Gasteiger partial charge is 0.384 e. The second-order valence-corrected chi connectivity index (χ2v) is 12.7. The zero-order valence-electron chi connectivity index (χ0n) is 23.6. The summed E-state index contributed by atoms with van der Waals surface area (Å²) in [6.45, 7) is 8.15. The molecule has 4 aromatic rings. The fourth-order valence-corrected chi connectivity index (χ4v) is 7.89. The number of benzene rings is 1. The highest BCUT2D eigenvalue weighted by Gasteiger charge is 2.37. The number of aromatic nitrogens is 5. The van der Waals surface area contributed by atoms with E-state index in [4.69, 9.17) is 9.97 Å². The first-order chi connectivity index (χ1) is 19.9. The summed E-state index contributed by atoms with van der Waals surface area (Å²) in [7, 11) is 2.19. The number of fused-ring (bicyclic) bond motifs is 2. The van der Waals surface area contributed by atoms with Gasteiger partial charge in [0.05, 0.1) is 12.2 Å². The fraction of sp³-hybridized carbons (Fsp3) is 0.419. The molecule has 41 heavy (non-hydrogen) atoms. The Labute approximate surface area is 243 Å². The first-order valence-electron chi connectivity index (χ1n) is 14.4. The molecule has 2 N–H and O–H groups in total. The van der Waals surface area contributed by atoms with Crippen LogP contribution >= 0.6 is 11.8 Å². The second-order valence-electron chi connectivity index (χ2n) is 11.5. The van der Waals surface area contributed by atoms with E-state index in [0.29, 0.717) is 47.3 Å². The highest BCUT2D eigenvalue weighted by Crippen LogP contribution is 2.41. The standard InChI is InChI=1S/C31H35N7O2S/c1-4-11-37-29(39)24-15-32-30(33-23-13-21-17-36(3)16-20-9-12-41-18-22(14-23)26(20)21)35-28(24)38(37)25-7-6-19-8-10-31(40,5-2)27(19)34-25/h4,6-7,13-15,20,40H,1,5,8-12,16-18H2,2-3H3,(H,32,33,35). The van der Waals surface area contributed by atoms with Crippen LogP contribution in [0.2, 0.25) is 0 Å². The summed E-state index contributed by atoms with van der Waals surface area (Å²) in [5, 5.41) is 15.1. The van der Waals surface area contributed by atoms with Crippen LogP contribution < -0.4 is 10.9 Å². The lowest BCUT2D eigenvalue weighted by molar-refractivity contribution is 0.0306. The van der Waals surface area contributed by atoms with E-state index >= 15 is 0 Å². The lowest BCUT2D eigenvalue weighted by Gasteiger charge is -2.33. The number of thioether (sulfide) groups is 1. The molecule has 0 amide bonds. The zero-order valence-corrected chi connectivity index (χ0v) is 24.4. The number of aryl methyl sites for hydroxylation is 1. The molecule has 5 heterocycles. The van der Waals surface area contributed by atoms with Gasteiger partial charge in [-0.2, -0.15) is 16.7 Å². The van der Waals surface area contributed by atoms with E-state index in [1.165, 1.54) is 28.9 Å². The Hall–Kier alpha value is -3.47. The Balaban J connectivity index is 1.33. The fourth-order valence-electron chi connectivity index (χ4n) is 6.83. The van der Waals surface area contributed by atoms with Gasteiger partial charge in [-0.05, 0) is 84.9 Å². The molecule has 3 aliphatic rings. The van der Waals surface area contributed by atoms with Crippen molar-refractivity contribution in [2.45, 2.75) is 63.0 Å². The van der Waals surface area contributed by atoms with E-state index in [2.05, 4.69) is 41.0 Å². The molecule has 0 saturated heterocycles. The number of pyridine rings is 1. The van der Waals surface area contributed by atoms with Gasteiger partial charge in [-0.1, -0.05) is 19.1 Å². The third-order valence-corrected chi connectivity index (χ3v) is 9.89. The predicted molar refractivity (Wildman–Crippen MR) is 163 cm³/mol. The Bertz CT molecular complexity index is 1740. The number of hydrogen-bond donors (Lipinski definition) is 2. The summed E-state index contributed by atoms with van der Waals surface area (Å²) in [6, 6.07) is 8.38. The van der Waals surface area contributed by atoms with E-state index in [0.717, 1.165) is 36.5 Å². The van der Waals surface area contributed by atoms with Gasteiger partial charge < -0.3 is 15.3 Å². The summed E-state index contributed by atoms with van der Waals surface area (Å²) < 4.78 is 3.31. The predicted octanol–water partition coefficient (Wildman–Crippen LogP) is 4.62. The van der Waals surface area contributed by atoms with E-state index < -0.39 is 5.60 Å². The highest BCUT2D eigenvalue weighted by molar-refractivity contribution is 7.98. The van der Waals surface area contributed by atoms with Gasteiger partial charge in [0.25, 0.3) is 5.56 Å². The van der Waals surface area contributed by atoms with Gasteiger partial charge in [0.2, 0.25) is 5.95 Å². The van der Waals surface area contributed by atoms with E-state index in [1.807, 2.05) is 30.8 Å². The normalized spacial score (nSPS) is 21.9. The van der Waals surface area contributed by atoms with Crippen LogP contribution in [0, 0.1) is 0 Å². The molecule has 7 rings (SSSR count). The summed E-state index contributed by atoms with van der Waals surface area (Å²) in [4.78, 5) is 30.2. The molecule has 2 aliphatic heterocycles. The van der Waals surface area contributed by atoms with E-state index in [-0.39, 0.29) is 12.1 Å². The SMILES string of the molecule is C=CCn1c(=O)c2cnc(Nc3cc4c5c(c3)CN(C)CC5CCSC4)nc2n1-c1ccc2c(n1)C(O)(CC)CC2. The van der Waals surface area contributed by atoms with E-state index in [9.17, 15) is 9.90 Å². The summed E-state index contributed by atoms with van der Waals surface area (Å²) in [5.41, 5.74) is 6.27. The molecule has 212 valence electrons. The molecule has 3 aromatic heterocycles. The van der Waals surface area contributed by atoms with Crippen molar-refractivity contribution in [2.24, 2.45) is 0 Å². The lowest BCUT2D eigenvalue weighted by atomic mass is 9.84. The van der Waals surface area contributed by atoms with Gasteiger partial charge in [0, 0.05) is 30.7 Å². The summed E-state index contributed by atoms with van der Waals surface area (Å²) in [5.74, 6) is 3.73. The maximum atomic E-state index is 13.5. The van der Waals surface area contributed by atoms with Crippen LogP contribution in [0.25, 0.3) is 16.9 Å². The molecular formula is C31H35N7O2S. The van der Waals surface area contributed by atoms with Gasteiger partial charge in [-0.15, -0.1) is 6.58 Å². The first kappa shape index (κ1) is 26.4. The van der Waals surface area contributed by atoms with Crippen molar-refractivity contribution >= 4 is 34.4 Å². The molecule has 0 radical (unpaired) electrons. The van der Waals surface area contributed by atoms with Crippen molar-refractivity contribution in [1.82, 2.24) is 29.2 Å². The lowest BCUT2D eigenvalue weighted by Crippen LogP contribution is -2.31. The van der Waals surface area contributed by atoms with Crippen LogP contribution in [0.5, 0.6) is 0 Å². The van der Waals surface area contributed by atoms with Crippen molar-refractivity contribution in [3.05, 3.63) is 81.4 Å². The van der Waals surface area contributed by atoms with Crippen molar-refractivity contribution in [3.8, 4) is 5.82 Å². The number of allylic oxidation sites excluding steroid dienone is 1. The van der Waals surface area contributed by atoms with Gasteiger partial charge in [0.15, 0.2) is 11.5 Å².